The number of hydrogen-bond donors (Lipinski definition) is 1. The zero-order valence-electron chi connectivity index (χ0n) is 11.2. The van der Waals surface area contributed by atoms with Gasteiger partial charge in [-0.15, -0.1) is 0 Å². The van der Waals surface area contributed by atoms with E-state index in [2.05, 4.69) is 0 Å². The van der Waals surface area contributed by atoms with Crippen LogP contribution in [0.5, 0.6) is 5.75 Å². The molecule has 0 aromatic heterocycles. The highest BCUT2D eigenvalue weighted by atomic mass is 16.6. The van der Waals surface area contributed by atoms with Crippen molar-refractivity contribution in [2.75, 3.05) is 0 Å². The number of nitro groups is 1. The minimum atomic E-state index is -0.403. The molecule has 1 aromatic rings. The van der Waals surface area contributed by atoms with Crippen molar-refractivity contribution in [3.05, 3.63) is 33.9 Å². The standard InChI is InChI=1S/C14H20N2O3/c1-10-7-8-11(16(17)18)9-14(10)19-13-6-4-2-3-5-12(13)15/h7-9,12-13H,2-6,15H2,1H3. The van der Waals surface area contributed by atoms with E-state index in [9.17, 15) is 10.1 Å². The van der Waals surface area contributed by atoms with Gasteiger partial charge in [-0.3, -0.25) is 10.1 Å². The van der Waals surface area contributed by atoms with E-state index < -0.39 is 4.92 Å². The summed E-state index contributed by atoms with van der Waals surface area (Å²) in [5, 5.41) is 10.8. The highest BCUT2D eigenvalue weighted by Gasteiger charge is 2.23. The summed E-state index contributed by atoms with van der Waals surface area (Å²) in [5.41, 5.74) is 7.08. The van der Waals surface area contributed by atoms with Crippen molar-refractivity contribution < 1.29 is 9.66 Å². The molecule has 0 saturated heterocycles. The lowest BCUT2D eigenvalue weighted by Gasteiger charge is -2.23. The van der Waals surface area contributed by atoms with Gasteiger partial charge in [-0.25, -0.2) is 0 Å². The molecular formula is C14H20N2O3. The monoisotopic (exact) mass is 264 g/mol. The molecule has 2 rings (SSSR count). The maximum absolute atomic E-state index is 10.8. The molecule has 2 atom stereocenters. The molecule has 0 radical (unpaired) electrons. The smallest absolute Gasteiger partial charge is 0.273 e. The van der Waals surface area contributed by atoms with Gasteiger partial charge in [0.15, 0.2) is 0 Å². The Morgan fingerprint density at radius 2 is 2.05 bits per heavy atom. The summed E-state index contributed by atoms with van der Waals surface area (Å²) < 4.78 is 5.94. The first-order valence-corrected chi connectivity index (χ1v) is 6.75. The minimum absolute atomic E-state index is 0.0150. The molecular weight excluding hydrogens is 244 g/mol. The van der Waals surface area contributed by atoms with Gasteiger partial charge < -0.3 is 10.5 Å². The molecule has 0 spiro atoms. The number of non-ortho nitro benzene ring substituents is 1. The number of ether oxygens (including phenoxy) is 1. The van der Waals surface area contributed by atoms with Crippen LogP contribution < -0.4 is 10.5 Å². The molecule has 0 amide bonds. The van der Waals surface area contributed by atoms with Gasteiger partial charge in [-0.1, -0.05) is 12.8 Å². The normalized spacial score (nSPS) is 23.7. The summed E-state index contributed by atoms with van der Waals surface area (Å²) in [5.74, 6) is 0.580. The molecule has 1 saturated carbocycles. The van der Waals surface area contributed by atoms with Crippen LogP contribution in [0.2, 0.25) is 0 Å². The van der Waals surface area contributed by atoms with Crippen LogP contribution in [0.3, 0.4) is 0 Å². The second-order valence-electron chi connectivity index (χ2n) is 5.17. The van der Waals surface area contributed by atoms with Crippen molar-refractivity contribution in [3.63, 3.8) is 0 Å². The van der Waals surface area contributed by atoms with E-state index in [0.29, 0.717) is 5.75 Å². The lowest BCUT2D eigenvalue weighted by Crippen LogP contribution is -2.38. The van der Waals surface area contributed by atoms with E-state index in [1.165, 1.54) is 18.6 Å². The van der Waals surface area contributed by atoms with E-state index >= 15 is 0 Å². The van der Waals surface area contributed by atoms with Crippen molar-refractivity contribution in [2.45, 2.75) is 51.2 Å². The number of rotatable bonds is 3. The van der Waals surface area contributed by atoms with Gasteiger partial charge in [0, 0.05) is 12.1 Å². The highest BCUT2D eigenvalue weighted by molar-refractivity contribution is 5.43. The van der Waals surface area contributed by atoms with E-state index in [-0.39, 0.29) is 17.8 Å². The number of nitrogens with zero attached hydrogens (tertiary/aromatic N) is 1. The molecule has 5 heteroatoms. The molecule has 0 aliphatic heterocycles. The summed E-state index contributed by atoms with van der Waals surface area (Å²) in [6.45, 7) is 1.89. The van der Waals surface area contributed by atoms with Gasteiger partial charge in [0.2, 0.25) is 0 Å². The molecule has 2 unspecified atom stereocenters. The Hall–Kier alpha value is -1.62. The molecule has 2 N–H and O–H groups in total. The predicted molar refractivity (Wildman–Crippen MR) is 73.3 cm³/mol. The molecule has 0 heterocycles. The van der Waals surface area contributed by atoms with Crippen LogP contribution in [0.15, 0.2) is 18.2 Å². The van der Waals surface area contributed by atoms with Gasteiger partial charge >= 0.3 is 0 Å². The van der Waals surface area contributed by atoms with Gasteiger partial charge in [0.1, 0.15) is 11.9 Å². The van der Waals surface area contributed by atoms with Crippen LogP contribution in [0.25, 0.3) is 0 Å². The Balaban J connectivity index is 2.16. The average molecular weight is 264 g/mol. The van der Waals surface area contributed by atoms with Crippen molar-refractivity contribution >= 4 is 5.69 Å². The first-order chi connectivity index (χ1) is 9.08. The number of hydrogen-bond acceptors (Lipinski definition) is 4. The van der Waals surface area contributed by atoms with Gasteiger partial charge in [0.05, 0.1) is 11.0 Å². The van der Waals surface area contributed by atoms with Crippen LogP contribution >= 0.6 is 0 Å². The van der Waals surface area contributed by atoms with Crippen molar-refractivity contribution in [2.24, 2.45) is 5.73 Å². The average Bonchev–Trinajstić information content (AvgIpc) is 2.57. The van der Waals surface area contributed by atoms with Crippen molar-refractivity contribution in [1.82, 2.24) is 0 Å². The topological polar surface area (TPSA) is 78.4 Å². The molecule has 5 nitrogen and oxygen atoms in total. The van der Waals surface area contributed by atoms with Crippen molar-refractivity contribution in [1.29, 1.82) is 0 Å². The predicted octanol–water partition coefficient (Wildman–Crippen LogP) is 2.94. The van der Waals surface area contributed by atoms with Crippen molar-refractivity contribution in [3.8, 4) is 5.75 Å². The van der Waals surface area contributed by atoms with Crippen LogP contribution in [-0.2, 0) is 0 Å². The first-order valence-electron chi connectivity index (χ1n) is 6.75. The zero-order valence-corrected chi connectivity index (χ0v) is 11.2. The van der Waals surface area contributed by atoms with Crippen LogP contribution in [0.4, 0.5) is 5.69 Å². The maximum Gasteiger partial charge on any atom is 0.273 e. The molecule has 1 aliphatic carbocycles. The molecule has 0 bridgehead atoms. The number of nitrogens with two attached hydrogens (primary N) is 1. The summed E-state index contributed by atoms with van der Waals surface area (Å²) >= 11 is 0. The second kappa shape index (κ2) is 6.02. The van der Waals surface area contributed by atoms with E-state index in [0.717, 1.165) is 31.2 Å². The van der Waals surface area contributed by atoms with Crippen LogP contribution in [-0.4, -0.2) is 17.1 Å². The van der Waals surface area contributed by atoms with E-state index in [1.807, 2.05) is 6.92 Å². The highest BCUT2D eigenvalue weighted by Crippen LogP contribution is 2.28. The van der Waals surface area contributed by atoms with Gasteiger partial charge in [0.25, 0.3) is 5.69 Å². The Bertz CT molecular complexity index is 462. The molecule has 1 aliphatic rings. The molecule has 1 fully saturated rings. The minimum Gasteiger partial charge on any atom is -0.488 e. The SMILES string of the molecule is Cc1ccc([N+](=O)[O-])cc1OC1CCCCCC1N. The molecule has 19 heavy (non-hydrogen) atoms. The van der Waals surface area contributed by atoms with E-state index in [1.54, 1.807) is 6.07 Å². The number of nitro benzene ring substituents is 1. The summed E-state index contributed by atoms with van der Waals surface area (Å²) in [4.78, 5) is 10.4. The second-order valence-corrected chi connectivity index (χ2v) is 5.17. The Labute approximate surface area is 112 Å². The van der Waals surface area contributed by atoms with Gasteiger partial charge in [-0.2, -0.15) is 0 Å². The summed E-state index contributed by atoms with van der Waals surface area (Å²) in [6, 6.07) is 4.72. The number of benzene rings is 1. The fourth-order valence-corrected chi connectivity index (χ4v) is 2.44. The Morgan fingerprint density at radius 1 is 1.32 bits per heavy atom. The Morgan fingerprint density at radius 3 is 2.79 bits per heavy atom. The Kier molecular flexibility index (Phi) is 4.37. The van der Waals surface area contributed by atoms with Crippen LogP contribution in [0, 0.1) is 17.0 Å². The summed E-state index contributed by atoms with van der Waals surface area (Å²) in [7, 11) is 0. The third kappa shape index (κ3) is 3.44. The lowest BCUT2D eigenvalue weighted by atomic mass is 10.1. The van der Waals surface area contributed by atoms with E-state index in [4.69, 9.17) is 10.5 Å². The third-order valence-electron chi connectivity index (χ3n) is 3.66. The summed E-state index contributed by atoms with van der Waals surface area (Å²) in [6.07, 6.45) is 5.26. The van der Waals surface area contributed by atoms with Crippen LogP contribution in [0.1, 0.15) is 37.7 Å². The number of aryl methyl sites for hydroxylation is 1. The quantitative estimate of drug-likeness (QED) is 0.517. The maximum atomic E-state index is 10.8. The van der Waals surface area contributed by atoms with Gasteiger partial charge in [-0.05, 0) is 37.8 Å². The fraction of sp³-hybridized carbons (Fsp3) is 0.571. The molecule has 104 valence electrons. The largest absolute Gasteiger partial charge is 0.488 e. The first kappa shape index (κ1) is 13.8. The fourth-order valence-electron chi connectivity index (χ4n) is 2.44. The zero-order chi connectivity index (χ0) is 13.8. The third-order valence-corrected chi connectivity index (χ3v) is 3.66. The molecule has 1 aromatic carbocycles. The lowest BCUT2D eigenvalue weighted by molar-refractivity contribution is -0.385.